The molecule has 2 aromatic rings. The van der Waals surface area contributed by atoms with E-state index in [2.05, 4.69) is 17.2 Å². The van der Waals surface area contributed by atoms with Crippen molar-refractivity contribution in [3.05, 3.63) is 53.2 Å². The molecule has 0 radical (unpaired) electrons. The number of pyridine rings is 1. The summed E-state index contributed by atoms with van der Waals surface area (Å²) >= 11 is 0. The van der Waals surface area contributed by atoms with E-state index in [9.17, 15) is 9.59 Å². The van der Waals surface area contributed by atoms with Crippen LogP contribution in [0.15, 0.2) is 36.4 Å². The van der Waals surface area contributed by atoms with Crippen molar-refractivity contribution in [2.45, 2.75) is 40.0 Å². The van der Waals surface area contributed by atoms with Gasteiger partial charge in [0, 0.05) is 18.8 Å². The standard InChI is InChI=1S/C23H29N3O3/c1-16-9-10-20(14-17(16)2)29-13-11-22(27)26-12-5-7-19(15-26)23(28)25-21-8-4-6-18(3)24-21/h4,6,8-10,14,19H,5,7,11-13,15H2,1-3H3,(H,24,25,28). The van der Waals surface area contributed by atoms with Crippen LogP contribution in [0.1, 0.15) is 36.1 Å². The molecule has 1 aliphatic rings. The van der Waals surface area contributed by atoms with Gasteiger partial charge in [0.1, 0.15) is 11.6 Å². The molecule has 1 saturated heterocycles. The van der Waals surface area contributed by atoms with Crippen molar-refractivity contribution in [1.29, 1.82) is 0 Å². The summed E-state index contributed by atoms with van der Waals surface area (Å²) in [5.41, 5.74) is 3.24. The minimum atomic E-state index is -0.212. The van der Waals surface area contributed by atoms with Crippen LogP contribution in [0.2, 0.25) is 0 Å². The highest BCUT2D eigenvalue weighted by atomic mass is 16.5. The van der Waals surface area contributed by atoms with E-state index in [4.69, 9.17) is 4.74 Å². The van der Waals surface area contributed by atoms with Crippen LogP contribution in [0.4, 0.5) is 5.82 Å². The minimum absolute atomic E-state index is 0.0278. The van der Waals surface area contributed by atoms with Gasteiger partial charge in [-0.3, -0.25) is 9.59 Å². The average molecular weight is 396 g/mol. The van der Waals surface area contributed by atoms with Gasteiger partial charge in [0.2, 0.25) is 11.8 Å². The van der Waals surface area contributed by atoms with Gasteiger partial charge < -0.3 is 15.0 Å². The predicted molar refractivity (Wildman–Crippen MR) is 113 cm³/mol. The zero-order chi connectivity index (χ0) is 20.8. The summed E-state index contributed by atoms with van der Waals surface area (Å²) in [6, 6.07) is 11.5. The van der Waals surface area contributed by atoms with E-state index >= 15 is 0 Å². The number of anilines is 1. The van der Waals surface area contributed by atoms with Crippen molar-refractivity contribution in [2.24, 2.45) is 5.92 Å². The Morgan fingerprint density at radius 1 is 1.17 bits per heavy atom. The molecule has 6 nitrogen and oxygen atoms in total. The van der Waals surface area contributed by atoms with Gasteiger partial charge in [0.25, 0.3) is 0 Å². The van der Waals surface area contributed by atoms with Crippen molar-refractivity contribution in [3.63, 3.8) is 0 Å². The van der Waals surface area contributed by atoms with Crippen molar-refractivity contribution in [2.75, 3.05) is 25.0 Å². The maximum absolute atomic E-state index is 12.6. The lowest BCUT2D eigenvalue weighted by Gasteiger charge is -2.32. The first kappa shape index (κ1) is 20.8. The molecular formula is C23H29N3O3. The first-order valence-corrected chi connectivity index (χ1v) is 10.1. The van der Waals surface area contributed by atoms with Crippen LogP contribution < -0.4 is 10.1 Å². The van der Waals surface area contributed by atoms with Gasteiger partial charge in [0.15, 0.2) is 0 Å². The molecule has 2 amide bonds. The second-order valence-corrected chi connectivity index (χ2v) is 7.68. The van der Waals surface area contributed by atoms with Gasteiger partial charge in [0.05, 0.1) is 18.9 Å². The van der Waals surface area contributed by atoms with Gasteiger partial charge in [-0.1, -0.05) is 12.1 Å². The number of likely N-dealkylation sites (tertiary alicyclic amines) is 1. The third-order valence-corrected chi connectivity index (χ3v) is 5.35. The Labute approximate surface area is 172 Å². The number of carbonyl (C=O) groups is 2. The van der Waals surface area contributed by atoms with Crippen molar-refractivity contribution in [3.8, 4) is 5.75 Å². The average Bonchev–Trinajstić information content (AvgIpc) is 2.70. The molecule has 1 aromatic carbocycles. The fraction of sp³-hybridized carbons (Fsp3) is 0.435. The molecule has 1 fully saturated rings. The number of nitrogens with zero attached hydrogens (tertiary/aromatic N) is 2. The first-order chi connectivity index (χ1) is 13.9. The van der Waals surface area contributed by atoms with E-state index in [0.29, 0.717) is 31.9 Å². The lowest BCUT2D eigenvalue weighted by Crippen LogP contribution is -2.44. The largest absolute Gasteiger partial charge is 0.493 e. The topological polar surface area (TPSA) is 71.5 Å². The summed E-state index contributed by atoms with van der Waals surface area (Å²) in [6.45, 7) is 7.45. The number of hydrogen-bond donors (Lipinski definition) is 1. The molecule has 0 spiro atoms. The third kappa shape index (κ3) is 5.79. The molecule has 1 aliphatic heterocycles. The van der Waals surface area contributed by atoms with Crippen LogP contribution >= 0.6 is 0 Å². The summed E-state index contributed by atoms with van der Waals surface area (Å²) in [4.78, 5) is 31.3. The molecule has 1 N–H and O–H groups in total. The Morgan fingerprint density at radius 3 is 2.76 bits per heavy atom. The summed E-state index contributed by atoms with van der Waals surface area (Å²) in [6.07, 6.45) is 1.91. The molecule has 1 atom stereocenters. The molecule has 154 valence electrons. The minimum Gasteiger partial charge on any atom is -0.493 e. The zero-order valence-electron chi connectivity index (χ0n) is 17.4. The summed E-state index contributed by atoms with van der Waals surface area (Å²) in [5.74, 6) is 1.07. The number of aryl methyl sites for hydroxylation is 3. The van der Waals surface area contributed by atoms with E-state index in [0.717, 1.165) is 24.3 Å². The zero-order valence-corrected chi connectivity index (χ0v) is 17.4. The summed E-state index contributed by atoms with van der Waals surface area (Å²) < 4.78 is 5.73. The van der Waals surface area contributed by atoms with Gasteiger partial charge in [-0.25, -0.2) is 4.98 Å². The molecule has 3 rings (SSSR count). The Hall–Kier alpha value is -2.89. The highest BCUT2D eigenvalue weighted by Crippen LogP contribution is 2.20. The molecule has 1 aromatic heterocycles. The number of amides is 2. The monoisotopic (exact) mass is 395 g/mol. The first-order valence-electron chi connectivity index (χ1n) is 10.1. The highest BCUT2D eigenvalue weighted by molar-refractivity contribution is 5.92. The van der Waals surface area contributed by atoms with Gasteiger partial charge in [-0.2, -0.15) is 0 Å². The second kappa shape index (κ2) is 9.54. The second-order valence-electron chi connectivity index (χ2n) is 7.68. The molecule has 6 heteroatoms. The van der Waals surface area contributed by atoms with Gasteiger partial charge >= 0.3 is 0 Å². The summed E-state index contributed by atoms with van der Waals surface area (Å²) in [5, 5.41) is 2.87. The van der Waals surface area contributed by atoms with E-state index in [1.165, 1.54) is 11.1 Å². The number of carbonyl (C=O) groups excluding carboxylic acids is 2. The van der Waals surface area contributed by atoms with Crippen LogP contribution in [0.5, 0.6) is 5.75 Å². The molecule has 2 heterocycles. The number of benzene rings is 1. The molecule has 0 saturated carbocycles. The third-order valence-electron chi connectivity index (χ3n) is 5.35. The van der Waals surface area contributed by atoms with Crippen molar-refractivity contribution >= 4 is 17.6 Å². The van der Waals surface area contributed by atoms with Gasteiger partial charge in [-0.15, -0.1) is 0 Å². The van der Waals surface area contributed by atoms with Crippen LogP contribution in [0.25, 0.3) is 0 Å². The number of aromatic nitrogens is 1. The van der Waals surface area contributed by atoms with Crippen LogP contribution in [0, 0.1) is 26.7 Å². The number of nitrogens with one attached hydrogen (secondary N) is 1. The van der Waals surface area contributed by atoms with Crippen LogP contribution in [0.3, 0.4) is 0 Å². The molecule has 29 heavy (non-hydrogen) atoms. The Bertz CT molecular complexity index is 881. The SMILES string of the molecule is Cc1cccc(NC(=O)C2CCCN(C(=O)CCOc3ccc(C)c(C)c3)C2)n1. The number of ether oxygens (including phenoxy) is 1. The van der Waals surface area contributed by atoms with Crippen molar-refractivity contribution < 1.29 is 14.3 Å². The Morgan fingerprint density at radius 2 is 2.00 bits per heavy atom. The van der Waals surface area contributed by atoms with E-state index < -0.39 is 0 Å². The maximum Gasteiger partial charge on any atom is 0.230 e. The number of piperidine rings is 1. The van der Waals surface area contributed by atoms with Crippen LogP contribution in [-0.4, -0.2) is 41.4 Å². The normalized spacial score (nSPS) is 16.4. The maximum atomic E-state index is 12.6. The molecule has 1 unspecified atom stereocenters. The molecule has 0 aliphatic carbocycles. The van der Waals surface area contributed by atoms with E-state index in [-0.39, 0.29) is 17.7 Å². The van der Waals surface area contributed by atoms with Gasteiger partial charge in [-0.05, 0) is 69.0 Å². The lowest BCUT2D eigenvalue weighted by atomic mass is 9.97. The Balaban J connectivity index is 1.48. The van der Waals surface area contributed by atoms with Crippen molar-refractivity contribution in [1.82, 2.24) is 9.88 Å². The van der Waals surface area contributed by atoms with Crippen LogP contribution in [-0.2, 0) is 9.59 Å². The highest BCUT2D eigenvalue weighted by Gasteiger charge is 2.28. The predicted octanol–water partition coefficient (Wildman–Crippen LogP) is 3.65. The molecule has 0 bridgehead atoms. The quantitative estimate of drug-likeness (QED) is 0.810. The fourth-order valence-electron chi connectivity index (χ4n) is 3.48. The number of rotatable bonds is 6. The fourth-order valence-corrected chi connectivity index (χ4v) is 3.48. The summed E-state index contributed by atoms with van der Waals surface area (Å²) in [7, 11) is 0. The number of hydrogen-bond acceptors (Lipinski definition) is 4. The van der Waals surface area contributed by atoms with E-state index in [1.807, 2.05) is 44.2 Å². The molecular weight excluding hydrogens is 366 g/mol. The smallest absolute Gasteiger partial charge is 0.230 e. The lowest BCUT2D eigenvalue weighted by molar-refractivity contribution is -0.135. The van der Waals surface area contributed by atoms with E-state index in [1.54, 1.807) is 11.0 Å². The Kier molecular flexibility index (Phi) is 6.86.